The lowest BCUT2D eigenvalue weighted by atomic mass is 10.1. The molecule has 0 atom stereocenters. The van der Waals surface area contributed by atoms with E-state index in [4.69, 9.17) is 11.6 Å². The SMILES string of the molecule is Cc1ccc(S(=O)(=O)N(CC(=O)Nc2ccc(N3CCCC3=O)c(C)c2)c2ccc(Cl)cc2)cc1. The van der Waals surface area contributed by atoms with Gasteiger partial charge in [0, 0.05) is 29.4 Å². The molecule has 1 aliphatic heterocycles. The lowest BCUT2D eigenvalue weighted by Gasteiger charge is -2.24. The molecule has 0 radical (unpaired) electrons. The van der Waals surface area contributed by atoms with Crippen molar-refractivity contribution in [1.29, 1.82) is 0 Å². The third-order valence-corrected chi connectivity index (χ3v) is 7.90. The van der Waals surface area contributed by atoms with Gasteiger partial charge >= 0.3 is 0 Å². The first-order chi connectivity index (χ1) is 16.6. The molecule has 4 rings (SSSR count). The van der Waals surface area contributed by atoms with Crippen LogP contribution < -0.4 is 14.5 Å². The predicted octanol–water partition coefficient (Wildman–Crippen LogP) is 4.92. The van der Waals surface area contributed by atoms with Gasteiger partial charge in [-0.2, -0.15) is 0 Å². The van der Waals surface area contributed by atoms with Crippen LogP contribution in [0.15, 0.2) is 71.6 Å². The Hall–Kier alpha value is -3.36. The van der Waals surface area contributed by atoms with E-state index in [9.17, 15) is 18.0 Å². The normalized spacial score (nSPS) is 13.7. The summed E-state index contributed by atoms with van der Waals surface area (Å²) in [6, 6.07) is 18.0. The van der Waals surface area contributed by atoms with Gasteiger partial charge in [-0.3, -0.25) is 13.9 Å². The first kappa shape index (κ1) is 24.8. The number of hydrogen-bond acceptors (Lipinski definition) is 4. The van der Waals surface area contributed by atoms with Crippen LogP contribution in [0.5, 0.6) is 0 Å². The number of anilines is 3. The molecule has 7 nitrogen and oxygen atoms in total. The highest BCUT2D eigenvalue weighted by atomic mass is 35.5. The second kappa shape index (κ2) is 10.1. The molecule has 2 amide bonds. The Morgan fingerprint density at radius 3 is 2.31 bits per heavy atom. The van der Waals surface area contributed by atoms with Crippen molar-refractivity contribution < 1.29 is 18.0 Å². The topological polar surface area (TPSA) is 86.8 Å². The minimum atomic E-state index is -4.02. The molecule has 35 heavy (non-hydrogen) atoms. The van der Waals surface area contributed by atoms with Crippen LogP contribution in [0.2, 0.25) is 5.02 Å². The summed E-state index contributed by atoms with van der Waals surface area (Å²) in [5.41, 5.74) is 3.43. The molecule has 0 bridgehead atoms. The molecular formula is C26H26ClN3O4S. The molecule has 0 spiro atoms. The van der Waals surface area contributed by atoms with Crippen LogP contribution >= 0.6 is 11.6 Å². The molecule has 1 fully saturated rings. The monoisotopic (exact) mass is 511 g/mol. The van der Waals surface area contributed by atoms with Gasteiger partial charge in [0.15, 0.2) is 0 Å². The highest BCUT2D eigenvalue weighted by molar-refractivity contribution is 7.92. The van der Waals surface area contributed by atoms with E-state index in [-0.39, 0.29) is 10.8 Å². The fraction of sp³-hybridized carbons (Fsp3) is 0.231. The summed E-state index contributed by atoms with van der Waals surface area (Å²) in [6.07, 6.45) is 1.36. The van der Waals surface area contributed by atoms with E-state index in [2.05, 4.69) is 5.32 Å². The zero-order valence-corrected chi connectivity index (χ0v) is 21.1. The van der Waals surface area contributed by atoms with Crippen molar-refractivity contribution in [3.05, 3.63) is 82.9 Å². The Morgan fingerprint density at radius 2 is 1.71 bits per heavy atom. The maximum absolute atomic E-state index is 13.5. The minimum Gasteiger partial charge on any atom is -0.325 e. The molecule has 1 N–H and O–H groups in total. The zero-order chi connectivity index (χ0) is 25.2. The van der Waals surface area contributed by atoms with Crippen LogP contribution in [-0.2, 0) is 19.6 Å². The Kier molecular flexibility index (Phi) is 7.14. The van der Waals surface area contributed by atoms with E-state index >= 15 is 0 Å². The smallest absolute Gasteiger partial charge is 0.264 e. The van der Waals surface area contributed by atoms with Crippen molar-refractivity contribution in [2.75, 3.05) is 27.6 Å². The van der Waals surface area contributed by atoms with Crippen molar-refractivity contribution in [3.8, 4) is 0 Å². The van der Waals surface area contributed by atoms with Crippen molar-refractivity contribution in [2.45, 2.75) is 31.6 Å². The van der Waals surface area contributed by atoms with Crippen LogP contribution in [0.25, 0.3) is 0 Å². The summed E-state index contributed by atoms with van der Waals surface area (Å²) in [4.78, 5) is 26.9. The van der Waals surface area contributed by atoms with Gasteiger partial charge in [0.25, 0.3) is 10.0 Å². The molecule has 3 aromatic carbocycles. The van der Waals surface area contributed by atoms with E-state index in [1.54, 1.807) is 59.5 Å². The molecule has 182 valence electrons. The van der Waals surface area contributed by atoms with Crippen molar-refractivity contribution >= 4 is 50.5 Å². The van der Waals surface area contributed by atoms with E-state index in [0.29, 0.717) is 29.4 Å². The number of carbonyl (C=O) groups excluding carboxylic acids is 2. The van der Waals surface area contributed by atoms with E-state index < -0.39 is 22.5 Å². The minimum absolute atomic E-state index is 0.0846. The quantitative estimate of drug-likeness (QED) is 0.488. The number of hydrogen-bond donors (Lipinski definition) is 1. The summed E-state index contributed by atoms with van der Waals surface area (Å²) in [6.45, 7) is 3.99. The molecule has 3 aromatic rings. The maximum Gasteiger partial charge on any atom is 0.264 e. The number of carbonyl (C=O) groups is 2. The van der Waals surface area contributed by atoms with Crippen molar-refractivity contribution in [3.63, 3.8) is 0 Å². The second-order valence-electron chi connectivity index (χ2n) is 8.50. The van der Waals surface area contributed by atoms with Crippen LogP contribution in [0.4, 0.5) is 17.1 Å². The molecule has 0 unspecified atom stereocenters. The third kappa shape index (κ3) is 5.49. The zero-order valence-electron chi connectivity index (χ0n) is 19.5. The highest BCUT2D eigenvalue weighted by Gasteiger charge is 2.28. The maximum atomic E-state index is 13.5. The summed E-state index contributed by atoms with van der Waals surface area (Å²) in [5.74, 6) is -0.412. The van der Waals surface area contributed by atoms with Gasteiger partial charge in [0.2, 0.25) is 11.8 Å². The summed E-state index contributed by atoms with van der Waals surface area (Å²) >= 11 is 5.99. The fourth-order valence-corrected chi connectivity index (χ4v) is 5.58. The molecule has 9 heteroatoms. The summed E-state index contributed by atoms with van der Waals surface area (Å²) in [5, 5.41) is 3.24. The van der Waals surface area contributed by atoms with E-state index in [1.807, 2.05) is 13.8 Å². The van der Waals surface area contributed by atoms with E-state index in [0.717, 1.165) is 27.5 Å². The van der Waals surface area contributed by atoms with Crippen molar-refractivity contribution in [1.82, 2.24) is 0 Å². The summed E-state index contributed by atoms with van der Waals surface area (Å²) < 4.78 is 28.0. The molecule has 1 saturated heterocycles. The second-order valence-corrected chi connectivity index (χ2v) is 10.8. The average molecular weight is 512 g/mol. The third-order valence-electron chi connectivity index (χ3n) is 5.86. The van der Waals surface area contributed by atoms with Gasteiger partial charge in [0.1, 0.15) is 6.54 Å². The number of amides is 2. The van der Waals surface area contributed by atoms with Gasteiger partial charge in [-0.15, -0.1) is 0 Å². The van der Waals surface area contributed by atoms with Gasteiger partial charge < -0.3 is 10.2 Å². The molecule has 0 saturated carbocycles. The number of nitrogens with one attached hydrogen (secondary N) is 1. The number of aryl methyl sites for hydroxylation is 2. The Morgan fingerprint density at radius 1 is 1.03 bits per heavy atom. The Balaban J connectivity index is 1.58. The first-order valence-electron chi connectivity index (χ1n) is 11.2. The predicted molar refractivity (Wildman–Crippen MR) is 139 cm³/mol. The number of halogens is 1. The summed E-state index contributed by atoms with van der Waals surface area (Å²) in [7, 11) is -4.02. The standard InChI is InChI=1S/C26H26ClN3O4S/c1-18-5-12-23(13-6-18)35(33,34)30(22-10-7-20(27)8-11-22)17-25(31)28-21-9-14-24(19(2)16-21)29-15-3-4-26(29)32/h5-14,16H,3-4,15,17H2,1-2H3,(H,28,31). The van der Waals surface area contributed by atoms with Crippen LogP contribution in [-0.4, -0.2) is 33.3 Å². The largest absolute Gasteiger partial charge is 0.325 e. The lowest BCUT2D eigenvalue weighted by Crippen LogP contribution is -2.38. The van der Waals surface area contributed by atoms with Crippen LogP contribution in [0.1, 0.15) is 24.0 Å². The van der Waals surface area contributed by atoms with Gasteiger partial charge in [-0.1, -0.05) is 29.3 Å². The Labute approximate surface area is 210 Å². The van der Waals surface area contributed by atoms with Gasteiger partial charge in [0.05, 0.1) is 10.6 Å². The molecule has 1 heterocycles. The average Bonchev–Trinajstić information content (AvgIpc) is 3.24. The lowest BCUT2D eigenvalue weighted by molar-refractivity contribution is -0.117. The Bertz CT molecular complexity index is 1360. The number of benzene rings is 3. The molecule has 0 aliphatic carbocycles. The van der Waals surface area contributed by atoms with Crippen molar-refractivity contribution in [2.24, 2.45) is 0 Å². The molecular weight excluding hydrogens is 486 g/mol. The number of nitrogens with zero attached hydrogens (tertiary/aromatic N) is 2. The first-order valence-corrected chi connectivity index (χ1v) is 13.0. The molecule has 0 aromatic heterocycles. The molecule has 1 aliphatic rings. The van der Waals surface area contributed by atoms with Crippen LogP contribution in [0, 0.1) is 13.8 Å². The van der Waals surface area contributed by atoms with Crippen LogP contribution in [0.3, 0.4) is 0 Å². The van der Waals surface area contributed by atoms with E-state index in [1.165, 1.54) is 12.1 Å². The fourth-order valence-electron chi connectivity index (χ4n) is 4.03. The number of rotatable bonds is 7. The highest BCUT2D eigenvalue weighted by Crippen LogP contribution is 2.28. The van der Waals surface area contributed by atoms with Gasteiger partial charge in [-0.05, 0) is 80.4 Å². The van der Waals surface area contributed by atoms with Gasteiger partial charge in [-0.25, -0.2) is 8.42 Å². The number of sulfonamides is 1.